The average Bonchev–Trinajstić information content (AvgIpc) is 2.62. The number of anilines is 1. The Morgan fingerprint density at radius 3 is 2.50 bits per heavy atom. The van der Waals surface area contributed by atoms with E-state index in [2.05, 4.69) is 0 Å². The molecule has 0 N–H and O–H groups in total. The van der Waals surface area contributed by atoms with Gasteiger partial charge in [0.2, 0.25) is 0 Å². The second-order valence-electron chi connectivity index (χ2n) is 6.84. The van der Waals surface area contributed by atoms with Gasteiger partial charge in [0.15, 0.2) is 11.4 Å². The number of benzene rings is 1. The summed E-state index contributed by atoms with van der Waals surface area (Å²) in [6.07, 6.45) is 1.46. The van der Waals surface area contributed by atoms with Gasteiger partial charge in [-0.25, -0.2) is 4.79 Å². The summed E-state index contributed by atoms with van der Waals surface area (Å²) < 4.78 is 11.1. The Hall–Kier alpha value is -2.37. The SMILES string of the molecule is CCCOC(=O)C(CC)N1C(=O)C(C)(C)Oc2ccc(C(=O)CC)cc21. The minimum Gasteiger partial charge on any atom is -0.476 e. The summed E-state index contributed by atoms with van der Waals surface area (Å²) >= 11 is 0. The van der Waals surface area contributed by atoms with E-state index in [0.29, 0.717) is 42.9 Å². The van der Waals surface area contributed by atoms with E-state index in [9.17, 15) is 14.4 Å². The van der Waals surface area contributed by atoms with Crippen molar-refractivity contribution in [1.29, 1.82) is 0 Å². The molecule has 6 nitrogen and oxygen atoms in total. The number of carbonyl (C=O) groups is 3. The van der Waals surface area contributed by atoms with Crippen LogP contribution in [-0.4, -0.2) is 35.9 Å². The third-order valence-corrected chi connectivity index (χ3v) is 4.38. The maximum atomic E-state index is 13.0. The smallest absolute Gasteiger partial charge is 0.329 e. The summed E-state index contributed by atoms with van der Waals surface area (Å²) in [5.74, 6) is -0.333. The fourth-order valence-corrected chi connectivity index (χ4v) is 2.95. The zero-order valence-electron chi connectivity index (χ0n) is 16.1. The molecule has 2 rings (SSSR count). The van der Waals surface area contributed by atoms with Crippen LogP contribution in [-0.2, 0) is 14.3 Å². The zero-order chi connectivity index (χ0) is 19.5. The molecule has 0 spiro atoms. The van der Waals surface area contributed by atoms with Crippen molar-refractivity contribution in [3.63, 3.8) is 0 Å². The van der Waals surface area contributed by atoms with Crippen LogP contribution >= 0.6 is 0 Å². The summed E-state index contributed by atoms with van der Waals surface area (Å²) in [5, 5.41) is 0. The Labute approximate surface area is 154 Å². The highest BCUT2D eigenvalue weighted by Crippen LogP contribution is 2.40. The normalized spacial score (nSPS) is 16.5. The van der Waals surface area contributed by atoms with Gasteiger partial charge in [-0.3, -0.25) is 14.5 Å². The van der Waals surface area contributed by atoms with Crippen molar-refractivity contribution in [2.45, 2.75) is 65.5 Å². The van der Waals surface area contributed by atoms with Crippen molar-refractivity contribution >= 4 is 23.3 Å². The number of carbonyl (C=O) groups excluding carboxylic acids is 3. The quantitative estimate of drug-likeness (QED) is 0.549. The van der Waals surface area contributed by atoms with Gasteiger partial charge < -0.3 is 9.47 Å². The van der Waals surface area contributed by atoms with E-state index >= 15 is 0 Å². The molecule has 1 atom stereocenters. The standard InChI is InChI=1S/C20H27NO5/c1-6-11-25-18(23)14(7-2)21-15-12-13(16(22)8-3)9-10-17(15)26-20(4,5)19(21)24/h9-10,12,14H,6-8,11H2,1-5H3. The molecule has 1 amide bonds. The molecule has 26 heavy (non-hydrogen) atoms. The minimum atomic E-state index is -1.11. The lowest BCUT2D eigenvalue weighted by Gasteiger charge is -2.41. The first-order chi connectivity index (χ1) is 12.3. The summed E-state index contributed by atoms with van der Waals surface area (Å²) in [7, 11) is 0. The van der Waals surface area contributed by atoms with Gasteiger partial charge >= 0.3 is 5.97 Å². The lowest BCUT2D eigenvalue weighted by Crippen LogP contribution is -2.58. The number of rotatable bonds is 7. The lowest BCUT2D eigenvalue weighted by atomic mass is 9.98. The molecule has 1 heterocycles. The maximum absolute atomic E-state index is 13.0. The number of hydrogen-bond acceptors (Lipinski definition) is 5. The van der Waals surface area contributed by atoms with Crippen LogP contribution in [0.5, 0.6) is 5.75 Å². The summed E-state index contributed by atoms with van der Waals surface area (Å²) in [4.78, 5) is 39.1. The number of hydrogen-bond donors (Lipinski definition) is 0. The molecule has 0 fully saturated rings. The first-order valence-electron chi connectivity index (χ1n) is 9.13. The monoisotopic (exact) mass is 361 g/mol. The van der Waals surface area contributed by atoms with E-state index in [1.54, 1.807) is 39.0 Å². The molecule has 0 aromatic heterocycles. The molecule has 0 saturated carbocycles. The van der Waals surface area contributed by atoms with Gasteiger partial charge in [0.25, 0.3) is 5.91 Å². The third-order valence-electron chi connectivity index (χ3n) is 4.38. The zero-order valence-corrected chi connectivity index (χ0v) is 16.1. The van der Waals surface area contributed by atoms with Gasteiger partial charge in [0.05, 0.1) is 12.3 Å². The molecule has 1 aliphatic heterocycles. The van der Waals surface area contributed by atoms with Gasteiger partial charge in [-0.15, -0.1) is 0 Å². The number of Topliss-reactive ketones (excluding diaryl/α,β-unsaturated/α-hetero) is 1. The summed E-state index contributed by atoms with van der Waals surface area (Å²) in [5.41, 5.74) is -0.181. The van der Waals surface area contributed by atoms with E-state index in [1.807, 2.05) is 13.8 Å². The second kappa shape index (κ2) is 7.89. The fourth-order valence-electron chi connectivity index (χ4n) is 2.95. The molecule has 1 aliphatic rings. The van der Waals surface area contributed by atoms with Crippen molar-refractivity contribution in [2.24, 2.45) is 0 Å². The van der Waals surface area contributed by atoms with Crippen molar-refractivity contribution < 1.29 is 23.9 Å². The number of fused-ring (bicyclic) bond motifs is 1. The van der Waals surface area contributed by atoms with Crippen LogP contribution in [0, 0.1) is 0 Å². The van der Waals surface area contributed by atoms with Gasteiger partial charge in [-0.2, -0.15) is 0 Å². The molecule has 142 valence electrons. The number of ketones is 1. The number of amides is 1. The molecule has 1 unspecified atom stereocenters. The van der Waals surface area contributed by atoms with Crippen LogP contribution in [0.15, 0.2) is 18.2 Å². The van der Waals surface area contributed by atoms with Gasteiger partial charge in [0.1, 0.15) is 11.8 Å². The van der Waals surface area contributed by atoms with Crippen molar-refractivity contribution in [1.82, 2.24) is 0 Å². The molecule has 0 radical (unpaired) electrons. The van der Waals surface area contributed by atoms with Crippen molar-refractivity contribution in [2.75, 3.05) is 11.5 Å². The van der Waals surface area contributed by atoms with Crippen LogP contribution in [0.2, 0.25) is 0 Å². The van der Waals surface area contributed by atoms with Gasteiger partial charge in [-0.05, 0) is 44.9 Å². The highest BCUT2D eigenvalue weighted by Gasteiger charge is 2.45. The molecule has 1 aromatic rings. The Bertz CT molecular complexity index is 710. The minimum absolute atomic E-state index is 0.0355. The third kappa shape index (κ3) is 3.74. The molecule has 6 heteroatoms. The predicted octanol–water partition coefficient (Wildman–Crippen LogP) is 3.52. The Balaban J connectivity index is 2.53. The number of ether oxygens (including phenoxy) is 2. The van der Waals surface area contributed by atoms with E-state index in [-0.39, 0.29) is 11.7 Å². The molecule has 0 saturated heterocycles. The Kier molecular flexibility index (Phi) is 6.05. The Morgan fingerprint density at radius 1 is 1.23 bits per heavy atom. The number of nitrogens with zero attached hydrogens (tertiary/aromatic N) is 1. The largest absolute Gasteiger partial charge is 0.476 e. The maximum Gasteiger partial charge on any atom is 0.329 e. The molecular weight excluding hydrogens is 334 g/mol. The second-order valence-corrected chi connectivity index (χ2v) is 6.84. The Morgan fingerprint density at radius 2 is 1.92 bits per heavy atom. The lowest BCUT2D eigenvalue weighted by molar-refractivity contribution is -0.148. The van der Waals surface area contributed by atoms with Gasteiger partial charge in [-0.1, -0.05) is 20.8 Å². The molecular formula is C20H27NO5. The first-order valence-corrected chi connectivity index (χ1v) is 9.13. The topological polar surface area (TPSA) is 72.9 Å². The van der Waals surface area contributed by atoms with E-state index in [4.69, 9.17) is 9.47 Å². The summed E-state index contributed by atoms with van der Waals surface area (Å²) in [6.45, 7) is 9.16. The molecule has 0 bridgehead atoms. The van der Waals surface area contributed by atoms with Crippen LogP contribution in [0.4, 0.5) is 5.69 Å². The average molecular weight is 361 g/mol. The molecule has 0 aliphatic carbocycles. The van der Waals surface area contributed by atoms with Crippen LogP contribution in [0.3, 0.4) is 0 Å². The first kappa shape index (κ1) is 19.9. The highest BCUT2D eigenvalue weighted by atomic mass is 16.5. The van der Waals surface area contributed by atoms with Crippen LogP contribution < -0.4 is 9.64 Å². The van der Waals surface area contributed by atoms with Crippen LogP contribution in [0.25, 0.3) is 0 Å². The van der Waals surface area contributed by atoms with E-state index in [1.165, 1.54) is 4.90 Å². The van der Waals surface area contributed by atoms with Crippen molar-refractivity contribution in [3.8, 4) is 5.75 Å². The predicted molar refractivity (Wildman–Crippen MR) is 98.6 cm³/mol. The van der Waals surface area contributed by atoms with E-state index < -0.39 is 17.6 Å². The van der Waals surface area contributed by atoms with Gasteiger partial charge in [0, 0.05) is 12.0 Å². The van der Waals surface area contributed by atoms with Crippen LogP contribution in [0.1, 0.15) is 64.2 Å². The summed E-state index contributed by atoms with van der Waals surface area (Å²) in [6, 6.07) is 4.24. The number of esters is 1. The van der Waals surface area contributed by atoms with Crippen molar-refractivity contribution in [3.05, 3.63) is 23.8 Å². The van der Waals surface area contributed by atoms with E-state index in [0.717, 1.165) is 0 Å². The highest BCUT2D eigenvalue weighted by molar-refractivity contribution is 6.07. The fraction of sp³-hybridized carbons (Fsp3) is 0.550. The molecule has 1 aromatic carbocycles.